The number of amides is 1. The first-order chi connectivity index (χ1) is 10.5. The zero-order chi connectivity index (χ0) is 15.7. The lowest BCUT2D eigenvalue weighted by molar-refractivity contribution is -0.133. The average Bonchev–Trinajstić information content (AvgIpc) is 3.07. The number of thiophene rings is 1. The van der Waals surface area contributed by atoms with Crippen LogP contribution >= 0.6 is 22.7 Å². The number of carbonyl (C=O) groups excluding carboxylic acids is 1. The maximum atomic E-state index is 12.7. The van der Waals surface area contributed by atoms with E-state index in [2.05, 4.69) is 30.3 Å². The van der Waals surface area contributed by atoms with Crippen LogP contribution in [0.5, 0.6) is 0 Å². The van der Waals surface area contributed by atoms with Gasteiger partial charge in [-0.05, 0) is 36.6 Å². The third-order valence-corrected chi connectivity index (χ3v) is 5.94. The van der Waals surface area contributed by atoms with Crippen molar-refractivity contribution in [2.24, 2.45) is 11.8 Å². The van der Waals surface area contributed by atoms with Gasteiger partial charge in [0.25, 0.3) is 0 Å². The third kappa shape index (κ3) is 3.41. The van der Waals surface area contributed by atoms with Gasteiger partial charge >= 0.3 is 0 Å². The molecule has 2 aromatic rings. The van der Waals surface area contributed by atoms with Crippen LogP contribution in [0, 0.1) is 18.8 Å². The summed E-state index contributed by atoms with van der Waals surface area (Å²) in [5, 5.41) is 3.09. The summed E-state index contributed by atoms with van der Waals surface area (Å²) in [6.45, 7) is 8.29. The fourth-order valence-electron chi connectivity index (χ4n) is 3.31. The van der Waals surface area contributed by atoms with Crippen molar-refractivity contribution in [1.29, 1.82) is 0 Å². The molecule has 2 aromatic heterocycles. The van der Waals surface area contributed by atoms with Crippen LogP contribution in [0.4, 0.5) is 0 Å². The zero-order valence-corrected chi connectivity index (χ0v) is 15.0. The molecule has 5 heteroatoms. The minimum atomic E-state index is 0.250. The first-order valence-electron chi connectivity index (χ1n) is 7.81. The van der Waals surface area contributed by atoms with Gasteiger partial charge in [-0.3, -0.25) is 4.79 Å². The molecule has 118 valence electrons. The number of piperidine rings is 1. The number of hydrogen-bond acceptors (Lipinski definition) is 4. The average molecular weight is 335 g/mol. The lowest BCUT2D eigenvalue weighted by atomic mass is 9.91. The molecule has 3 rings (SSSR count). The molecule has 1 aliphatic heterocycles. The second-order valence-electron chi connectivity index (χ2n) is 6.40. The monoisotopic (exact) mass is 334 g/mol. The Morgan fingerprint density at radius 1 is 1.36 bits per heavy atom. The number of carbonyl (C=O) groups is 1. The molecule has 1 aliphatic rings. The van der Waals surface area contributed by atoms with E-state index in [1.165, 1.54) is 6.42 Å². The van der Waals surface area contributed by atoms with E-state index >= 15 is 0 Å². The van der Waals surface area contributed by atoms with E-state index in [9.17, 15) is 4.79 Å². The summed E-state index contributed by atoms with van der Waals surface area (Å²) < 4.78 is 0. The largest absolute Gasteiger partial charge is 0.342 e. The summed E-state index contributed by atoms with van der Waals surface area (Å²) in [4.78, 5) is 21.7. The highest BCUT2D eigenvalue weighted by molar-refractivity contribution is 7.15. The van der Waals surface area contributed by atoms with Gasteiger partial charge in [-0.1, -0.05) is 19.9 Å². The molecule has 0 radical (unpaired) electrons. The lowest BCUT2D eigenvalue weighted by Crippen LogP contribution is -2.43. The molecule has 1 amide bonds. The van der Waals surface area contributed by atoms with E-state index in [1.807, 2.05) is 17.9 Å². The Hall–Kier alpha value is -1.20. The van der Waals surface area contributed by atoms with Crippen molar-refractivity contribution in [3.63, 3.8) is 0 Å². The number of aromatic nitrogens is 1. The summed E-state index contributed by atoms with van der Waals surface area (Å²) in [7, 11) is 0. The lowest BCUT2D eigenvalue weighted by Gasteiger charge is -2.35. The molecule has 0 N–H and O–H groups in total. The quantitative estimate of drug-likeness (QED) is 0.842. The molecular weight excluding hydrogens is 312 g/mol. The summed E-state index contributed by atoms with van der Waals surface area (Å²) in [6, 6.07) is 4.12. The van der Waals surface area contributed by atoms with Crippen molar-refractivity contribution in [2.45, 2.75) is 33.6 Å². The fraction of sp³-hybridized carbons (Fsp3) is 0.529. The van der Waals surface area contributed by atoms with Crippen molar-refractivity contribution in [3.05, 3.63) is 27.4 Å². The van der Waals surface area contributed by atoms with Crippen molar-refractivity contribution in [1.82, 2.24) is 9.88 Å². The molecule has 3 nitrogen and oxygen atoms in total. The minimum absolute atomic E-state index is 0.250. The minimum Gasteiger partial charge on any atom is -0.342 e. The van der Waals surface area contributed by atoms with E-state index in [4.69, 9.17) is 0 Å². The number of thiazole rings is 1. The standard InChI is InChI=1S/C17H22N2OS2/c1-11-7-12(2)10-19(9-11)16(20)8-15-17(18-13(3)22-15)14-5-4-6-21-14/h4-6,11-12H,7-10H2,1-3H3. The Labute approximate surface area is 140 Å². The van der Waals surface area contributed by atoms with Crippen molar-refractivity contribution < 1.29 is 4.79 Å². The normalized spacial score (nSPS) is 22.0. The molecule has 0 bridgehead atoms. The molecule has 0 saturated carbocycles. The molecule has 0 aliphatic carbocycles. The summed E-state index contributed by atoms with van der Waals surface area (Å²) in [5.41, 5.74) is 1.00. The Kier molecular flexibility index (Phi) is 4.64. The summed E-state index contributed by atoms with van der Waals surface area (Å²) >= 11 is 3.34. The fourth-order valence-corrected chi connectivity index (χ4v) is 5.06. The van der Waals surface area contributed by atoms with Gasteiger partial charge in [-0.15, -0.1) is 22.7 Å². The van der Waals surface area contributed by atoms with Crippen LogP contribution in [0.15, 0.2) is 17.5 Å². The Balaban J connectivity index is 1.77. The van der Waals surface area contributed by atoms with Gasteiger partial charge in [0.05, 0.1) is 22.0 Å². The van der Waals surface area contributed by atoms with Crippen LogP contribution in [0.1, 0.15) is 30.2 Å². The van der Waals surface area contributed by atoms with E-state index in [0.717, 1.165) is 33.5 Å². The smallest absolute Gasteiger partial charge is 0.227 e. The summed E-state index contributed by atoms with van der Waals surface area (Å²) in [6.07, 6.45) is 1.71. The molecule has 1 fully saturated rings. The first kappa shape index (κ1) is 15.7. The predicted molar refractivity (Wildman–Crippen MR) is 93.4 cm³/mol. The van der Waals surface area contributed by atoms with Crippen LogP contribution in [-0.4, -0.2) is 28.9 Å². The van der Waals surface area contributed by atoms with Crippen LogP contribution in [0.3, 0.4) is 0 Å². The van der Waals surface area contributed by atoms with E-state index in [-0.39, 0.29) is 5.91 Å². The van der Waals surface area contributed by atoms with Crippen LogP contribution < -0.4 is 0 Å². The van der Waals surface area contributed by atoms with Gasteiger partial charge < -0.3 is 4.90 Å². The van der Waals surface area contributed by atoms with Gasteiger partial charge in [0.15, 0.2) is 0 Å². The topological polar surface area (TPSA) is 33.2 Å². The van der Waals surface area contributed by atoms with Crippen molar-refractivity contribution >= 4 is 28.6 Å². The molecule has 0 aromatic carbocycles. The predicted octanol–water partition coefficient (Wildman–Crippen LogP) is 4.23. The second kappa shape index (κ2) is 6.50. The Bertz CT molecular complexity index is 638. The first-order valence-corrected chi connectivity index (χ1v) is 9.50. The summed E-state index contributed by atoms with van der Waals surface area (Å²) in [5.74, 6) is 1.46. The molecule has 2 unspecified atom stereocenters. The maximum absolute atomic E-state index is 12.7. The highest BCUT2D eigenvalue weighted by Crippen LogP contribution is 2.32. The zero-order valence-electron chi connectivity index (χ0n) is 13.3. The van der Waals surface area contributed by atoms with Crippen LogP contribution in [0.25, 0.3) is 10.6 Å². The van der Waals surface area contributed by atoms with E-state index in [1.54, 1.807) is 22.7 Å². The maximum Gasteiger partial charge on any atom is 0.227 e. The van der Waals surface area contributed by atoms with Crippen LogP contribution in [-0.2, 0) is 11.2 Å². The van der Waals surface area contributed by atoms with Gasteiger partial charge in [-0.2, -0.15) is 0 Å². The second-order valence-corrected chi connectivity index (χ2v) is 8.64. The number of hydrogen-bond donors (Lipinski definition) is 0. The highest BCUT2D eigenvalue weighted by atomic mass is 32.1. The Morgan fingerprint density at radius 2 is 2.09 bits per heavy atom. The number of aryl methyl sites for hydroxylation is 1. The van der Waals surface area contributed by atoms with E-state index in [0.29, 0.717) is 18.3 Å². The van der Waals surface area contributed by atoms with Crippen molar-refractivity contribution in [3.8, 4) is 10.6 Å². The molecular formula is C17H22N2OS2. The van der Waals surface area contributed by atoms with Gasteiger partial charge in [0.1, 0.15) is 0 Å². The SMILES string of the molecule is Cc1nc(-c2cccs2)c(CC(=O)N2CC(C)CC(C)C2)s1. The van der Waals surface area contributed by atoms with Gasteiger partial charge in [0, 0.05) is 18.0 Å². The van der Waals surface area contributed by atoms with Crippen molar-refractivity contribution in [2.75, 3.05) is 13.1 Å². The highest BCUT2D eigenvalue weighted by Gasteiger charge is 2.26. The molecule has 2 atom stereocenters. The van der Waals surface area contributed by atoms with Crippen LogP contribution in [0.2, 0.25) is 0 Å². The molecule has 0 spiro atoms. The number of rotatable bonds is 3. The van der Waals surface area contributed by atoms with Gasteiger partial charge in [-0.25, -0.2) is 4.98 Å². The number of likely N-dealkylation sites (tertiary alicyclic amines) is 1. The van der Waals surface area contributed by atoms with Gasteiger partial charge in [0.2, 0.25) is 5.91 Å². The Morgan fingerprint density at radius 3 is 2.73 bits per heavy atom. The third-order valence-electron chi connectivity index (χ3n) is 4.09. The number of nitrogens with zero attached hydrogens (tertiary/aromatic N) is 2. The molecule has 3 heterocycles. The van der Waals surface area contributed by atoms with E-state index < -0.39 is 0 Å². The molecule has 1 saturated heterocycles. The molecule has 22 heavy (non-hydrogen) atoms.